The zero-order valence-corrected chi connectivity index (χ0v) is 10.2. The van der Waals surface area contributed by atoms with Crippen LogP contribution in [0, 0.1) is 0 Å². The van der Waals surface area contributed by atoms with E-state index >= 15 is 0 Å². The van der Waals surface area contributed by atoms with Crippen molar-refractivity contribution in [2.75, 3.05) is 32.7 Å². The summed E-state index contributed by atoms with van der Waals surface area (Å²) in [6.07, 6.45) is 0. The van der Waals surface area contributed by atoms with Crippen LogP contribution in [0.5, 0.6) is 5.75 Å². The maximum atomic E-state index is 5.97. The van der Waals surface area contributed by atoms with Crippen molar-refractivity contribution in [2.45, 2.75) is 0 Å². The predicted molar refractivity (Wildman–Crippen MR) is 63.4 cm³/mol. The predicted octanol–water partition coefficient (Wildman–Crippen LogP) is 3.06. The minimum atomic E-state index is 0.491. The maximum Gasteiger partial charge on any atom is 0.160 e. The van der Waals surface area contributed by atoms with Gasteiger partial charge >= 0.3 is 0 Å². The van der Waals surface area contributed by atoms with Crippen LogP contribution in [-0.4, -0.2) is 27.4 Å². The van der Waals surface area contributed by atoms with Gasteiger partial charge in [-0.25, -0.2) is 0 Å². The maximum absolute atomic E-state index is 5.97. The van der Waals surface area contributed by atoms with Crippen molar-refractivity contribution in [2.24, 2.45) is 0 Å². The quantitative estimate of drug-likeness (QED) is 0.814. The smallest absolute Gasteiger partial charge is 0.160 e. The lowest BCUT2D eigenvalue weighted by atomic mass is 10.3. The lowest BCUT2D eigenvalue weighted by Crippen LogP contribution is -2.08. The fourth-order valence-corrected chi connectivity index (χ4v) is 1.76. The zero-order chi connectivity index (χ0) is 11.3. The van der Waals surface area contributed by atoms with Crippen molar-refractivity contribution in [3.8, 4) is 5.75 Å². The van der Waals surface area contributed by atoms with Crippen molar-refractivity contribution in [3.63, 3.8) is 0 Å². The minimum absolute atomic E-state index is 0.491. The van der Waals surface area contributed by atoms with Gasteiger partial charge < -0.3 is 14.8 Å². The molecular weight excluding hydrogens is 237 g/mol. The Morgan fingerprint density at radius 2 is 2.00 bits per heavy atom. The molecule has 0 saturated heterocycles. The van der Waals surface area contributed by atoms with Gasteiger partial charge in [-0.2, -0.15) is 0 Å². The van der Waals surface area contributed by atoms with Crippen molar-refractivity contribution in [1.29, 1.82) is 0 Å². The normalized spacial score (nSPS) is 10.1. The highest BCUT2D eigenvalue weighted by molar-refractivity contribution is 6.36. The van der Waals surface area contributed by atoms with E-state index in [-0.39, 0.29) is 0 Å². The van der Waals surface area contributed by atoms with E-state index in [0.29, 0.717) is 28.9 Å². The summed E-state index contributed by atoms with van der Waals surface area (Å²) < 4.78 is 10.1. The van der Waals surface area contributed by atoms with Crippen molar-refractivity contribution in [3.05, 3.63) is 22.2 Å². The van der Waals surface area contributed by atoms with Crippen LogP contribution in [0.3, 0.4) is 0 Å². The summed E-state index contributed by atoms with van der Waals surface area (Å²) in [5.74, 6) is 0.595. The average Bonchev–Trinajstić information content (AvgIpc) is 2.17. The van der Waals surface area contributed by atoms with E-state index in [2.05, 4.69) is 5.32 Å². The van der Waals surface area contributed by atoms with Gasteiger partial charge in [0.25, 0.3) is 0 Å². The first-order valence-corrected chi connectivity index (χ1v) is 5.20. The van der Waals surface area contributed by atoms with Gasteiger partial charge in [0, 0.05) is 18.7 Å². The first-order chi connectivity index (χ1) is 7.19. The van der Waals surface area contributed by atoms with E-state index < -0.39 is 0 Å². The molecule has 1 aromatic carbocycles. The Kier molecular flexibility index (Phi) is 5.02. The molecule has 0 fully saturated rings. The van der Waals surface area contributed by atoms with Crippen LogP contribution in [0.25, 0.3) is 0 Å². The molecule has 0 aromatic heterocycles. The summed E-state index contributed by atoms with van der Waals surface area (Å²) in [4.78, 5) is 0. The van der Waals surface area contributed by atoms with Crippen LogP contribution in [-0.2, 0) is 4.74 Å². The molecule has 84 valence electrons. The Bertz CT molecular complexity index is 331. The topological polar surface area (TPSA) is 30.5 Å². The number of nitrogens with one attached hydrogen (secondary N) is 1. The zero-order valence-electron chi connectivity index (χ0n) is 8.64. The Morgan fingerprint density at radius 1 is 1.27 bits per heavy atom. The van der Waals surface area contributed by atoms with E-state index in [1.165, 1.54) is 0 Å². The summed E-state index contributed by atoms with van der Waals surface area (Å²) in [5, 5.41) is 4.19. The Hall–Kier alpha value is -0.640. The third-order valence-electron chi connectivity index (χ3n) is 1.83. The van der Waals surface area contributed by atoms with Crippen LogP contribution in [0.2, 0.25) is 10.0 Å². The molecule has 0 radical (unpaired) electrons. The lowest BCUT2D eigenvalue weighted by molar-refractivity contribution is 0.210. The van der Waals surface area contributed by atoms with E-state index in [1.807, 2.05) is 0 Å². The monoisotopic (exact) mass is 249 g/mol. The SMILES string of the molecule is COCCNc1cc(Cl)cc(Cl)c1OC. The lowest BCUT2D eigenvalue weighted by Gasteiger charge is -2.12. The average molecular weight is 250 g/mol. The molecule has 0 amide bonds. The number of anilines is 1. The van der Waals surface area contributed by atoms with Gasteiger partial charge in [0.2, 0.25) is 0 Å². The summed E-state index contributed by atoms with van der Waals surface area (Å²) in [6, 6.07) is 3.41. The number of hydrogen-bond donors (Lipinski definition) is 1. The molecule has 0 atom stereocenters. The van der Waals surface area contributed by atoms with Gasteiger partial charge in [-0.05, 0) is 12.1 Å². The second-order valence-electron chi connectivity index (χ2n) is 2.89. The van der Waals surface area contributed by atoms with Gasteiger partial charge in [0.15, 0.2) is 5.75 Å². The molecule has 0 heterocycles. The Morgan fingerprint density at radius 3 is 2.60 bits per heavy atom. The number of halogens is 2. The van der Waals surface area contributed by atoms with Crippen LogP contribution < -0.4 is 10.1 Å². The van der Waals surface area contributed by atoms with E-state index in [9.17, 15) is 0 Å². The van der Waals surface area contributed by atoms with E-state index in [1.54, 1.807) is 26.4 Å². The van der Waals surface area contributed by atoms with Gasteiger partial charge in [-0.3, -0.25) is 0 Å². The van der Waals surface area contributed by atoms with Gasteiger partial charge in [0.05, 0.1) is 24.4 Å². The molecule has 5 heteroatoms. The van der Waals surface area contributed by atoms with Crippen LogP contribution in [0.1, 0.15) is 0 Å². The Balaban J connectivity index is 2.84. The number of methoxy groups -OCH3 is 2. The number of rotatable bonds is 5. The standard InChI is InChI=1S/C10H13Cl2NO2/c1-14-4-3-13-9-6-7(11)5-8(12)10(9)15-2/h5-6,13H,3-4H2,1-2H3. The molecule has 0 spiro atoms. The van der Waals surface area contributed by atoms with Crippen molar-refractivity contribution >= 4 is 28.9 Å². The summed E-state index contributed by atoms with van der Waals surface area (Å²) in [5.41, 5.74) is 0.770. The first-order valence-electron chi connectivity index (χ1n) is 4.45. The molecular formula is C10H13Cl2NO2. The molecule has 0 saturated carbocycles. The molecule has 1 rings (SSSR count). The van der Waals surface area contributed by atoms with Crippen molar-refractivity contribution in [1.82, 2.24) is 0 Å². The molecule has 0 unspecified atom stereocenters. The summed E-state index contributed by atoms with van der Waals surface area (Å²) >= 11 is 11.8. The number of hydrogen-bond acceptors (Lipinski definition) is 3. The van der Waals surface area contributed by atoms with Gasteiger partial charge in [-0.1, -0.05) is 23.2 Å². The van der Waals surface area contributed by atoms with Crippen LogP contribution >= 0.6 is 23.2 Å². The van der Waals surface area contributed by atoms with Gasteiger partial charge in [-0.15, -0.1) is 0 Å². The molecule has 1 aromatic rings. The molecule has 0 aliphatic heterocycles. The Labute approximate surface area is 99.3 Å². The summed E-state index contributed by atoms with van der Waals surface area (Å²) in [6.45, 7) is 1.27. The molecule has 0 aliphatic rings. The minimum Gasteiger partial charge on any atom is -0.493 e. The van der Waals surface area contributed by atoms with E-state index in [4.69, 9.17) is 32.7 Å². The fraction of sp³-hybridized carbons (Fsp3) is 0.400. The highest BCUT2D eigenvalue weighted by atomic mass is 35.5. The number of benzene rings is 1. The second kappa shape index (κ2) is 6.05. The van der Waals surface area contributed by atoms with Gasteiger partial charge in [0.1, 0.15) is 0 Å². The number of ether oxygens (including phenoxy) is 2. The molecule has 15 heavy (non-hydrogen) atoms. The molecule has 3 nitrogen and oxygen atoms in total. The van der Waals surface area contributed by atoms with E-state index in [0.717, 1.165) is 5.69 Å². The third-order valence-corrected chi connectivity index (χ3v) is 2.33. The first kappa shape index (κ1) is 12.4. The molecule has 0 aliphatic carbocycles. The largest absolute Gasteiger partial charge is 0.493 e. The van der Waals surface area contributed by atoms with Crippen LogP contribution in [0.15, 0.2) is 12.1 Å². The highest BCUT2D eigenvalue weighted by Gasteiger charge is 2.08. The third kappa shape index (κ3) is 3.45. The fourth-order valence-electron chi connectivity index (χ4n) is 1.19. The van der Waals surface area contributed by atoms with Crippen molar-refractivity contribution < 1.29 is 9.47 Å². The van der Waals surface area contributed by atoms with Crippen LogP contribution in [0.4, 0.5) is 5.69 Å². The summed E-state index contributed by atoms with van der Waals surface area (Å²) in [7, 11) is 3.21. The molecule has 1 N–H and O–H groups in total. The highest BCUT2D eigenvalue weighted by Crippen LogP contribution is 2.35. The molecule has 0 bridgehead atoms. The second-order valence-corrected chi connectivity index (χ2v) is 3.73.